The summed E-state index contributed by atoms with van der Waals surface area (Å²) in [5, 5.41) is 4.06. The Kier molecular flexibility index (Phi) is 6.29. The van der Waals surface area contributed by atoms with Crippen LogP contribution in [0.15, 0.2) is 18.2 Å². The largest absolute Gasteiger partial charge is 0.383 e. The van der Waals surface area contributed by atoms with Crippen molar-refractivity contribution >= 4 is 28.1 Å². The van der Waals surface area contributed by atoms with E-state index in [1.54, 1.807) is 7.11 Å². The Morgan fingerprint density at radius 1 is 1.40 bits per heavy atom. The van der Waals surface area contributed by atoms with Crippen LogP contribution in [0.3, 0.4) is 0 Å². The van der Waals surface area contributed by atoms with Gasteiger partial charge < -0.3 is 15.0 Å². The maximum Gasteiger partial charge on any atom is 0.0642 e. The molecule has 0 radical (unpaired) electrons. The fourth-order valence-electron chi connectivity index (χ4n) is 2.20. The maximum atomic E-state index is 11.4. The molecule has 1 aliphatic rings. The monoisotopic (exact) mass is 316 g/mol. The van der Waals surface area contributed by atoms with Gasteiger partial charge in [-0.15, -0.1) is 0 Å². The Labute approximate surface area is 127 Å². The van der Waals surface area contributed by atoms with Gasteiger partial charge in [0.1, 0.15) is 0 Å². The summed E-state index contributed by atoms with van der Waals surface area (Å²) in [4.78, 5) is 2.21. The number of ether oxygens (including phenoxy) is 1. The summed E-state index contributed by atoms with van der Waals surface area (Å²) in [6.07, 6.45) is 0. The molecule has 112 valence electrons. The highest BCUT2D eigenvalue weighted by Crippen LogP contribution is 2.27. The molecule has 4 nitrogen and oxygen atoms in total. The van der Waals surface area contributed by atoms with Crippen molar-refractivity contribution in [3.05, 3.63) is 28.8 Å². The molecule has 1 heterocycles. The van der Waals surface area contributed by atoms with Crippen molar-refractivity contribution < 1.29 is 8.95 Å². The van der Waals surface area contributed by atoms with Crippen LogP contribution in [0.2, 0.25) is 5.02 Å². The Morgan fingerprint density at radius 2 is 2.15 bits per heavy atom. The van der Waals surface area contributed by atoms with Crippen molar-refractivity contribution in [2.24, 2.45) is 0 Å². The zero-order chi connectivity index (χ0) is 14.4. The van der Waals surface area contributed by atoms with E-state index in [4.69, 9.17) is 16.3 Å². The Morgan fingerprint density at radius 3 is 2.80 bits per heavy atom. The first-order valence-electron chi connectivity index (χ1n) is 6.78. The normalized spacial score (nSPS) is 16.6. The molecule has 0 bridgehead atoms. The van der Waals surface area contributed by atoms with Gasteiger partial charge in [0.05, 0.1) is 17.3 Å². The third-order valence-corrected chi connectivity index (χ3v) is 4.92. The Hall–Kier alpha value is -0.620. The topological polar surface area (TPSA) is 41.6 Å². The van der Waals surface area contributed by atoms with Crippen molar-refractivity contribution in [1.82, 2.24) is 5.32 Å². The predicted octanol–water partition coefficient (Wildman–Crippen LogP) is 1.64. The molecule has 1 aromatic rings. The van der Waals surface area contributed by atoms with Crippen LogP contribution >= 0.6 is 11.6 Å². The maximum absolute atomic E-state index is 11.4. The lowest BCUT2D eigenvalue weighted by molar-refractivity contribution is 0.199. The molecular weight excluding hydrogens is 296 g/mol. The molecule has 1 fully saturated rings. The lowest BCUT2D eigenvalue weighted by Gasteiger charge is -2.29. The number of hydrogen-bond donors (Lipinski definition) is 1. The molecule has 6 heteroatoms. The van der Waals surface area contributed by atoms with Crippen molar-refractivity contribution in [3.8, 4) is 0 Å². The van der Waals surface area contributed by atoms with E-state index in [1.165, 1.54) is 0 Å². The molecule has 0 saturated carbocycles. The minimum absolute atomic E-state index is 0.659. The second kappa shape index (κ2) is 7.98. The van der Waals surface area contributed by atoms with Crippen LogP contribution in [0.25, 0.3) is 0 Å². The molecule has 0 unspecified atom stereocenters. The smallest absolute Gasteiger partial charge is 0.0642 e. The van der Waals surface area contributed by atoms with E-state index in [2.05, 4.69) is 22.3 Å². The second-order valence-corrected chi connectivity index (χ2v) is 6.89. The second-order valence-electron chi connectivity index (χ2n) is 4.79. The molecule has 0 aliphatic carbocycles. The number of benzene rings is 1. The molecular formula is C14H21ClN2O2S. The molecule has 0 spiro atoms. The van der Waals surface area contributed by atoms with Crippen molar-refractivity contribution in [2.45, 2.75) is 6.54 Å². The zero-order valence-electron chi connectivity index (χ0n) is 11.7. The first-order valence-corrected chi connectivity index (χ1v) is 8.65. The number of anilines is 1. The van der Waals surface area contributed by atoms with Crippen LogP contribution in [0, 0.1) is 0 Å². The van der Waals surface area contributed by atoms with Gasteiger partial charge in [-0.2, -0.15) is 0 Å². The van der Waals surface area contributed by atoms with E-state index >= 15 is 0 Å². The molecule has 1 saturated heterocycles. The van der Waals surface area contributed by atoms with Crippen molar-refractivity contribution in [1.29, 1.82) is 0 Å². The third-order valence-electron chi connectivity index (χ3n) is 3.34. The molecule has 0 atom stereocenters. The SMILES string of the molecule is COCCNCc1ccc(N2CCS(=O)CC2)c(Cl)c1. The van der Waals surface area contributed by atoms with Gasteiger partial charge in [-0.05, 0) is 17.7 Å². The summed E-state index contributed by atoms with van der Waals surface area (Å²) in [5.41, 5.74) is 2.21. The number of hydrogen-bond acceptors (Lipinski definition) is 4. The highest BCUT2D eigenvalue weighted by molar-refractivity contribution is 7.85. The van der Waals surface area contributed by atoms with Gasteiger partial charge in [-0.3, -0.25) is 4.21 Å². The van der Waals surface area contributed by atoms with Crippen molar-refractivity contribution in [3.63, 3.8) is 0 Å². The number of nitrogens with zero attached hydrogens (tertiary/aromatic N) is 1. The van der Waals surface area contributed by atoms with Crippen LogP contribution in [-0.4, -0.2) is 49.1 Å². The van der Waals surface area contributed by atoms with E-state index in [0.29, 0.717) is 6.61 Å². The number of nitrogens with one attached hydrogen (secondary N) is 1. The van der Waals surface area contributed by atoms with Gasteiger partial charge in [-0.25, -0.2) is 0 Å². The molecule has 1 aromatic carbocycles. The average Bonchev–Trinajstić information content (AvgIpc) is 2.45. The summed E-state index contributed by atoms with van der Waals surface area (Å²) in [7, 11) is 1.03. The molecule has 0 amide bonds. The quantitative estimate of drug-likeness (QED) is 0.810. The number of halogens is 1. The van der Waals surface area contributed by atoms with Gasteiger partial charge in [0.15, 0.2) is 0 Å². The highest BCUT2D eigenvalue weighted by atomic mass is 35.5. The standard InChI is InChI=1S/C14H21ClN2O2S/c1-19-7-4-16-11-12-2-3-14(13(15)10-12)17-5-8-20(18)9-6-17/h2-3,10,16H,4-9,11H2,1H3. The van der Waals surface area contributed by atoms with Gasteiger partial charge in [-0.1, -0.05) is 17.7 Å². The summed E-state index contributed by atoms with van der Waals surface area (Å²) in [5.74, 6) is 1.47. The fraction of sp³-hybridized carbons (Fsp3) is 0.571. The summed E-state index contributed by atoms with van der Waals surface area (Å²) in [6.45, 7) is 3.95. The highest BCUT2D eigenvalue weighted by Gasteiger charge is 2.17. The Bertz CT molecular complexity index is 460. The lowest BCUT2D eigenvalue weighted by atomic mass is 10.2. The molecule has 1 aliphatic heterocycles. The van der Waals surface area contributed by atoms with Gasteiger partial charge >= 0.3 is 0 Å². The van der Waals surface area contributed by atoms with Gasteiger partial charge in [0.2, 0.25) is 0 Å². The molecule has 0 aromatic heterocycles. The first kappa shape index (κ1) is 15.8. The molecule has 20 heavy (non-hydrogen) atoms. The van der Waals surface area contributed by atoms with E-state index in [-0.39, 0.29) is 0 Å². The average molecular weight is 317 g/mol. The summed E-state index contributed by atoms with van der Waals surface area (Å²) >= 11 is 6.37. The van der Waals surface area contributed by atoms with Crippen LogP contribution in [0.1, 0.15) is 5.56 Å². The van der Waals surface area contributed by atoms with Crippen LogP contribution in [0.5, 0.6) is 0 Å². The molecule has 2 rings (SSSR count). The third kappa shape index (κ3) is 4.45. The molecule has 1 N–H and O–H groups in total. The number of rotatable bonds is 6. The number of methoxy groups -OCH3 is 1. The van der Waals surface area contributed by atoms with Crippen molar-refractivity contribution in [2.75, 3.05) is 49.8 Å². The van der Waals surface area contributed by atoms with Crippen LogP contribution < -0.4 is 10.2 Å². The van der Waals surface area contributed by atoms with E-state index in [9.17, 15) is 4.21 Å². The van der Waals surface area contributed by atoms with E-state index in [0.717, 1.165) is 54.0 Å². The van der Waals surface area contributed by atoms with Gasteiger partial charge in [0.25, 0.3) is 0 Å². The summed E-state index contributed by atoms with van der Waals surface area (Å²) in [6, 6.07) is 6.15. The van der Waals surface area contributed by atoms with Gasteiger partial charge in [0, 0.05) is 55.6 Å². The summed E-state index contributed by atoms with van der Waals surface area (Å²) < 4.78 is 16.4. The minimum Gasteiger partial charge on any atom is -0.383 e. The predicted molar refractivity (Wildman–Crippen MR) is 85.1 cm³/mol. The fourth-order valence-corrected chi connectivity index (χ4v) is 3.58. The zero-order valence-corrected chi connectivity index (χ0v) is 13.3. The Balaban J connectivity index is 1.93. The minimum atomic E-state index is -0.659. The van der Waals surface area contributed by atoms with E-state index < -0.39 is 10.8 Å². The first-order chi connectivity index (χ1) is 9.70. The van der Waals surface area contributed by atoms with E-state index in [1.807, 2.05) is 6.07 Å². The van der Waals surface area contributed by atoms with Crippen LogP contribution in [-0.2, 0) is 22.1 Å². The van der Waals surface area contributed by atoms with Crippen LogP contribution in [0.4, 0.5) is 5.69 Å². The lowest BCUT2D eigenvalue weighted by Crippen LogP contribution is -2.37.